The van der Waals surface area contributed by atoms with Crippen LogP contribution in [0.1, 0.15) is 11.1 Å². The van der Waals surface area contributed by atoms with E-state index in [4.69, 9.17) is 0 Å². The van der Waals surface area contributed by atoms with Crippen molar-refractivity contribution in [2.24, 2.45) is 0 Å². The van der Waals surface area contributed by atoms with E-state index in [0.717, 1.165) is 11.1 Å². The zero-order chi connectivity index (χ0) is 17.2. The number of halogens is 1. The van der Waals surface area contributed by atoms with Crippen LogP contribution in [-0.2, 0) is 17.8 Å². The molecule has 5 nitrogen and oxygen atoms in total. The summed E-state index contributed by atoms with van der Waals surface area (Å²) in [6.07, 6.45) is 0.531. The van der Waals surface area contributed by atoms with Crippen molar-refractivity contribution < 1.29 is 14.0 Å². The first-order valence-corrected chi connectivity index (χ1v) is 7.70. The molecule has 0 atom stereocenters. The van der Waals surface area contributed by atoms with E-state index in [0.29, 0.717) is 19.5 Å². The van der Waals surface area contributed by atoms with Gasteiger partial charge in [-0.25, -0.2) is 9.18 Å². The Hall–Kier alpha value is -2.89. The molecule has 126 valence electrons. The van der Waals surface area contributed by atoms with Crippen LogP contribution in [0, 0.1) is 5.82 Å². The highest BCUT2D eigenvalue weighted by atomic mass is 19.1. The van der Waals surface area contributed by atoms with Crippen LogP contribution in [0.15, 0.2) is 54.6 Å². The van der Waals surface area contributed by atoms with Crippen molar-refractivity contribution in [3.8, 4) is 0 Å². The van der Waals surface area contributed by atoms with Gasteiger partial charge in [-0.1, -0.05) is 42.5 Å². The van der Waals surface area contributed by atoms with Crippen molar-refractivity contribution in [1.29, 1.82) is 0 Å². The van der Waals surface area contributed by atoms with Crippen LogP contribution in [-0.4, -0.2) is 25.0 Å². The molecule has 0 unspecified atom stereocenters. The molecule has 0 aliphatic heterocycles. The summed E-state index contributed by atoms with van der Waals surface area (Å²) in [4.78, 5) is 23.3. The maximum Gasteiger partial charge on any atom is 0.315 e. The smallest absolute Gasteiger partial charge is 0.315 e. The third-order valence-electron chi connectivity index (χ3n) is 3.33. The standard InChI is InChI=1S/C18H20FN3O2/c19-16-8-4-7-14(11-16)9-10-20-17(23)13-22-18(24)21-12-15-5-2-1-3-6-15/h1-8,11H,9-10,12-13H2,(H,20,23)(H2,21,22,24). The molecule has 0 saturated carbocycles. The van der Waals surface area contributed by atoms with Gasteiger partial charge in [-0.05, 0) is 29.7 Å². The lowest BCUT2D eigenvalue weighted by atomic mass is 10.1. The van der Waals surface area contributed by atoms with E-state index in [-0.39, 0.29) is 18.3 Å². The van der Waals surface area contributed by atoms with E-state index in [1.807, 2.05) is 30.3 Å². The summed E-state index contributed by atoms with van der Waals surface area (Å²) < 4.78 is 13.0. The van der Waals surface area contributed by atoms with E-state index in [9.17, 15) is 14.0 Å². The first kappa shape index (κ1) is 17.5. The molecule has 0 heterocycles. The van der Waals surface area contributed by atoms with Crippen molar-refractivity contribution in [3.05, 3.63) is 71.5 Å². The van der Waals surface area contributed by atoms with Crippen LogP contribution in [0.2, 0.25) is 0 Å². The molecule has 0 radical (unpaired) electrons. The van der Waals surface area contributed by atoms with E-state index in [2.05, 4.69) is 16.0 Å². The van der Waals surface area contributed by atoms with Crippen molar-refractivity contribution in [1.82, 2.24) is 16.0 Å². The average Bonchev–Trinajstić information content (AvgIpc) is 2.59. The zero-order valence-electron chi connectivity index (χ0n) is 13.2. The van der Waals surface area contributed by atoms with Gasteiger partial charge >= 0.3 is 6.03 Å². The third-order valence-corrected chi connectivity index (χ3v) is 3.33. The summed E-state index contributed by atoms with van der Waals surface area (Å²) in [5.74, 6) is -0.586. The largest absolute Gasteiger partial charge is 0.354 e. The fourth-order valence-electron chi connectivity index (χ4n) is 2.10. The molecule has 2 aromatic rings. The Morgan fingerprint density at radius 3 is 2.38 bits per heavy atom. The molecule has 6 heteroatoms. The second kappa shape index (κ2) is 9.29. The minimum atomic E-state index is -0.404. The number of nitrogens with one attached hydrogen (secondary N) is 3. The summed E-state index contributed by atoms with van der Waals surface area (Å²) in [6, 6.07) is 15.3. The van der Waals surface area contributed by atoms with Gasteiger partial charge in [0.05, 0.1) is 6.54 Å². The van der Waals surface area contributed by atoms with Crippen LogP contribution in [0.4, 0.5) is 9.18 Å². The maximum absolute atomic E-state index is 13.0. The molecular formula is C18H20FN3O2. The molecule has 0 aliphatic rings. The van der Waals surface area contributed by atoms with Crippen LogP contribution in [0.25, 0.3) is 0 Å². The van der Waals surface area contributed by atoms with E-state index in [1.54, 1.807) is 12.1 Å². The van der Waals surface area contributed by atoms with Gasteiger partial charge in [0, 0.05) is 13.1 Å². The number of hydrogen-bond donors (Lipinski definition) is 3. The summed E-state index contributed by atoms with van der Waals surface area (Å²) in [5, 5.41) is 7.84. The molecule has 2 rings (SSSR count). The Balaban J connectivity index is 1.59. The van der Waals surface area contributed by atoms with Crippen LogP contribution < -0.4 is 16.0 Å². The Morgan fingerprint density at radius 1 is 0.875 bits per heavy atom. The van der Waals surface area contributed by atoms with Crippen molar-refractivity contribution in [2.45, 2.75) is 13.0 Å². The van der Waals surface area contributed by atoms with Gasteiger partial charge in [-0.15, -0.1) is 0 Å². The number of carbonyl (C=O) groups is 2. The zero-order valence-corrected chi connectivity index (χ0v) is 13.2. The lowest BCUT2D eigenvalue weighted by Crippen LogP contribution is -2.42. The average molecular weight is 329 g/mol. The molecule has 24 heavy (non-hydrogen) atoms. The topological polar surface area (TPSA) is 70.2 Å². The fourth-order valence-corrected chi connectivity index (χ4v) is 2.10. The normalized spacial score (nSPS) is 10.0. The minimum absolute atomic E-state index is 0.107. The quantitative estimate of drug-likeness (QED) is 0.727. The first-order valence-electron chi connectivity index (χ1n) is 7.70. The molecule has 0 spiro atoms. The number of amides is 3. The Kier molecular flexibility index (Phi) is 6.76. The van der Waals surface area contributed by atoms with Crippen molar-refractivity contribution in [2.75, 3.05) is 13.1 Å². The second-order valence-corrected chi connectivity index (χ2v) is 5.25. The van der Waals surface area contributed by atoms with Gasteiger partial charge in [0.25, 0.3) is 0 Å². The number of urea groups is 1. The summed E-state index contributed by atoms with van der Waals surface area (Å²) in [7, 11) is 0. The van der Waals surface area contributed by atoms with Gasteiger partial charge < -0.3 is 16.0 Å². The van der Waals surface area contributed by atoms with Gasteiger partial charge in [-0.2, -0.15) is 0 Å². The fraction of sp³-hybridized carbons (Fsp3) is 0.222. The number of benzene rings is 2. The lowest BCUT2D eigenvalue weighted by Gasteiger charge is -2.08. The Labute approximate surface area is 140 Å². The predicted molar refractivity (Wildman–Crippen MR) is 89.8 cm³/mol. The third kappa shape index (κ3) is 6.48. The predicted octanol–water partition coefficient (Wildman–Crippen LogP) is 1.98. The molecule has 3 amide bonds. The highest BCUT2D eigenvalue weighted by Gasteiger charge is 2.05. The molecule has 0 fully saturated rings. The number of carbonyl (C=O) groups excluding carboxylic acids is 2. The van der Waals surface area contributed by atoms with E-state index >= 15 is 0 Å². The molecule has 0 bridgehead atoms. The van der Waals surface area contributed by atoms with Crippen molar-refractivity contribution in [3.63, 3.8) is 0 Å². The maximum atomic E-state index is 13.0. The molecule has 0 aromatic heterocycles. The number of hydrogen-bond acceptors (Lipinski definition) is 2. The summed E-state index contributed by atoms with van der Waals surface area (Å²) >= 11 is 0. The summed E-state index contributed by atoms with van der Waals surface area (Å²) in [5.41, 5.74) is 1.79. The van der Waals surface area contributed by atoms with Gasteiger partial charge in [0.1, 0.15) is 5.82 Å². The Morgan fingerprint density at radius 2 is 1.62 bits per heavy atom. The first-order chi connectivity index (χ1) is 11.6. The monoisotopic (exact) mass is 329 g/mol. The van der Waals surface area contributed by atoms with Crippen LogP contribution >= 0.6 is 0 Å². The minimum Gasteiger partial charge on any atom is -0.354 e. The SMILES string of the molecule is O=C(CNC(=O)NCc1ccccc1)NCCc1cccc(F)c1. The van der Waals surface area contributed by atoms with E-state index < -0.39 is 6.03 Å². The molecule has 2 aromatic carbocycles. The molecule has 3 N–H and O–H groups in total. The highest BCUT2D eigenvalue weighted by molar-refractivity contribution is 5.83. The van der Waals surface area contributed by atoms with Crippen molar-refractivity contribution >= 4 is 11.9 Å². The number of rotatable bonds is 7. The van der Waals surface area contributed by atoms with Gasteiger partial charge in [0.15, 0.2) is 0 Å². The van der Waals surface area contributed by atoms with Gasteiger partial charge in [-0.3, -0.25) is 4.79 Å². The van der Waals surface area contributed by atoms with E-state index in [1.165, 1.54) is 12.1 Å². The second-order valence-electron chi connectivity index (χ2n) is 5.25. The Bertz CT molecular complexity index is 677. The lowest BCUT2D eigenvalue weighted by molar-refractivity contribution is -0.120. The molecule has 0 aliphatic carbocycles. The van der Waals surface area contributed by atoms with Crippen LogP contribution in [0.5, 0.6) is 0 Å². The van der Waals surface area contributed by atoms with Gasteiger partial charge in [0.2, 0.25) is 5.91 Å². The highest BCUT2D eigenvalue weighted by Crippen LogP contribution is 2.03. The van der Waals surface area contributed by atoms with Crippen LogP contribution in [0.3, 0.4) is 0 Å². The molecule has 0 saturated heterocycles. The summed E-state index contributed by atoms with van der Waals surface area (Å²) in [6.45, 7) is 0.674. The molecular weight excluding hydrogens is 309 g/mol.